The summed E-state index contributed by atoms with van der Waals surface area (Å²) in [4.78, 5) is 10.6. The van der Waals surface area contributed by atoms with Crippen LogP contribution in [0.1, 0.15) is 5.69 Å². The SMILES string of the molecule is O=C(O)Cc1cn(-c2ccc3ccccc3c2)nn1. The van der Waals surface area contributed by atoms with Crippen molar-refractivity contribution in [2.45, 2.75) is 6.42 Å². The van der Waals surface area contributed by atoms with Gasteiger partial charge in [0.1, 0.15) is 0 Å². The molecule has 5 heteroatoms. The quantitative estimate of drug-likeness (QED) is 0.775. The average molecular weight is 253 g/mol. The summed E-state index contributed by atoms with van der Waals surface area (Å²) in [5, 5.41) is 18.8. The Morgan fingerprint density at radius 2 is 1.95 bits per heavy atom. The van der Waals surface area contributed by atoms with Gasteiger partial charge in [-0.15, -0.1) is 5.10 Å². The highest BCUT2D eigenvalue weighted by atomic mass is 16.4. The van der Waals surface area contributed by atoms with Crippen LogP contribution >= 0.6 is 0 Å². The van der Waals surface area contributed by atoms with E-state index in [1.54, 1.807) is 10.9 Å². The van der Waals surface area contributed by atoms with Gasteiger partial charge in [-0.3, -0.25) is 4.79 Å². The predicted octanol–water partition coefficient (Wildman–Crippen LogP) is 2.05. The van der Waals surface area contributed by atoms with Crippen LogP contribution in [0.4, 0.5) is 0 Å². The summed E-state index contributed by atoms with van der Waals surface area (Å²) in [6.45, 7) is 0. The number of carboxylic acids is 1. The number of carboxylic acid groups (broad SMARTS) is 1. The maximum atomic E-state index is 10.6. The highest BCUT2D eigenvalue weighted by Gasteiger charge is 2.07. The van der Waals surface area contributed by atoms with Gasteiger partial charge in [0.05, 0.1) is 24.0 Å². The molecule has 0 unspecified atom stereocenters. The molecule has 0 spiro atoms. The van der Waals surface area contributed by atoms with Gasteiger partial charge in [-0.05, 0) is 22.9 Å². The van der Waals surface area contributed by atoms with Crippen molar-refractivity contribution in [1.29, 1.82) is 0 Å². The first-order chi connectivity index (χ1) is 9.22. The fraction of sp³-hybridized carbons (Fsp3) is 0.0714. The second-order valence-corrected chi connectivity index (χ2v) is 4.26. The molecule has 5 nitrogen and oxygen atoms in total. The van der Waals surface area contributed by atoms with E-state index in [0.29, 0.717) is 5.69 Å². The topological polar surface area (TPSA) is 68.0 Å². The standard InChI is InChI=1S/C14H11N3O2/c18-14(19)8-12-9-17(16-15-12)13-6-5-10-3-1-2-4-11(10)7-13/h1-7,9H,8H2,(H,18,19). The van der Waals surface area contributed by atoms with Crippen LogP contribution in [0.25, 0.3) is 16.5 Å². The minimum atomic E-state index is -0.912. The zero-order chi connectivity index (χ0) is 13.2. The highest BCUT2D eigenvalue weighted by molar-refractivity contribution is 5.84. The van der Waals surface area contributed by atoms with Gasteiger partial charge in [0.15, 0.2) is 0 Å². The van der Waals surface area contributed by atoms with Crippen molar-refractivity contribution in [3.63, 3.8) is 0 Å². The first-order valence-corrected chi connectivity index (χ1v) is 5.84. The maximum Gasteiger partial charge on any atom is 0.309 e. The summed E-state index contributed by atoms with van der Waals surface area (Å²) in [6, 6.07) is 14.0. The third-order valence-corrected chi connectivity index (χ3v) is 2.87. The summed E-state index contributed by atoms with van der Waals surface area (Å²) in [5.74, 6) is -0.912. The molecular weight excluding hydrogens is 242 g/mol. The summed E-state index contributed by atoms with van der Waals surface area (Å²) in [7, 11) is 0. The van der Waals surface area contributed by atoms with Gasteiger partial charge in [-0.25, -0.2) is 4.68 Å². The van der Waals surface area contributed by atoms with E-state index in [1.165, 1.54) is 0 Å². The molecule has 0 bridgehead atoms. The minimum absolute atomic E-state index is 0.117. The number of hydrogen-bond acceptors (Lipinski definition) is 3. The lowest BCUT2D eigenvalue weighted by Gasteiger charge is -2.02. The van der Waals surface area contributed by atoms with Crippen LogP contribution in [0.5, 0.6) is 0 Å². The lowest BCUT2D eigenvalue weighted by molar-refractivity contribution is -0.136. The van der Waals surface area contributed by atoms with Crippen molar-refractivity contribution in [1.82, 2.24) is 15.0 Å². The Balaban J connectivity index is 1.99. The van der Waals surface area contributed by atoms with Crippen molar-refractivity contribution in [2.75, 3.05) is 0 Å². The predicted molar refractivity (Wildman–Crippen MR) is 70.2 cm³/mol. The lowest BCUT2D eigenvalue weighted by atomic mass is 10.1. The zero-order valence-corrected chi connectivity index (χ0v) is 10.0. The Labute approximate surface area is 109 Å². The van der Waals surface area contributed by atoms with E-state index in [-0.39, 0.29) is 6.42 Å². The molecule has 0 aliphatic carbocycles. The van der Waals surface area contributed by atoms with E-state index in [9.17, 15) is 4.79 Å². The molecule has 0 radical (unpaired) electrons. The van der Waals surface area contributed by atoms with E-state index < -0.39 is 5.97 Å². The van der Waals surface area contributed by atoms with Crippen LogP contribution in [0.15, 0.2) is 48.7 Å². The van der Waals surface area contributed by atoms with Crippen LogP contribution in [0.3, 0.4) is 0 Å². The van der Waals surface area contributed by atoms with E-state index in [1.807, 2.05) is 42.5 Å². The smallest absolute Gasteiger partial charge is 0.309 e. The number of aliphatic carboxylic acids is 1. The number of rotatable bonds is 3. The van der Waals surface area contributed by atoms with Gasteiger partial charge in [0.2, 0.25) is 0 Å². The third kappa shape index (κ3) is 2.30. The van der Waals surface area contributed by atoms with E-state index in [2.05, 4.69) is 10.3 Å². The Bertz CT molecular complexity index is 749. The first kappa shape index (κ1) is 11.4. The molecule has 1 heterocycles. The number of nitrogens with zero attached hydrogens (tertiary/aromatic N) is 3. The minimum Gasteiger partial charge on any atom is -0.481 e. The number of benzene rings is 2. The molecule has 0 aliphatic rings. The molecular formula is C14H11N3O2. The molecule has 1 N–H and O–H groups in total. The van der Waals surface area contributed by atoms with Crippen molar-refractivity contribution in [3.05, 3.63) is 54.4 Å². The molecule has 0 amide bonds. The van der Waals surface area contributed by atoms with Gasteiger partial charge in [-0.2, -0.15) is 0 Å². The van der Waals surface area contributed by atoms with Gasteiger partial charge in [0.25, 0.3) is 0 Å². The van der Waals surface area contributed by atoms with Crippen LogP contribution < -0.4 is 0 Å². The Morgan fingerprint density at radius 3 is 2.74 bits per heavy atom. The first-order valence-electron chi connectivity index (χ1n) is 5.84. The van der Waals surface area contributed by atoms with Gasteiger partial charge < -0.3 is 5.11 Å². The number of hydrogen-bond donors (Lipinski definition) is 1. The third-order valence-electron chi connectivity index (χ3n) is 2.87. The zero-order valence-electron chi connectivity index (χ0n) is 10.0. The Morgan fingerprint density at radius 1 is 1.16 bits per heavy atom. The molecule has 0 saturated carbocycles. The van der Waals surface area contributed by atoms with Crippen molar-refractivity contribution >= 4 is 16.7 Å². The average Bonchev–Trinajstić information content (AvgIpc) is 2.86. The second-order valence-electron chi connectivity index (χ2n) is 4.26. The molecule has 0 saturated heterocycles. The monoisotopic (exact) mass is 253 g/mol. The summed E-state index contributed by atoms with van der Waals surface area (Å²) >= 11 is 0. The van der Waals surface area contributed by atoms with E-state index >= 15 is 0 Å². The fourth-order valence-electron chi connectivity index (χ4n) is 1.98. The van der Waals surface area contributed by atoms with Crippen molar-refractivity contribution < 1.29 is 9.90 Å². The van der Waals surface area contributed by atoms with Crippen LogP contribution in [-0.2, 0) is 11.2 Å². The summed E-state index contributed by atoms with van der Waals surface area (Å²) in [6.07, 6.45) is 1.52. The largest absolute Gasteiger partial charge is 0.481 e. The Hall–Kier alpha value is -2.69. The molecule has 19 heavy (non-hydrogen) atoms. The maximum absolute atomic E-state index is 10.6. The molecule has 0 aliphatic heterocycles. The molecule has 0 atom stereocenters. The van der Waals surface area contributed by atoms with Crippen molar-refractivity contribution in [2.24, 2.45) is 0 Å². The summed E-state index contributed by atoms with van der Waals surface area (Å²) < 4.78 is 1.59. The molecule has 94 valence electrons. The Kier molecular flexibility index (Phi) is 2.72. The summed E-state index contributed by atoms with van der Waals surface area (Å²) in [5.41, 5.74) is 1.31. The number of carbonyl (C=O) groups is 1. The second kappa shape index (κ2) is 4.53. The van der Waals surface area contributed by atoms with Crippen molar-refractivity contribution in [3.8, 4) is 5.69 Å². The normalized spacial score (nSPS) is 10.7. The number of aromatic nitrogens is 3. The highest BCUT2D eigenvalue weighted by Crippen LogP contribution is 2.17. The van der Waals surface area contributed by atoms with Gasteiger partial charge in [0, 0.05) is 0 Å². The molecule has 0 fully saturated rings. The molecule has 1 aromatic heterocycles. The number of fused-ring (bicyclic) bond motifs is 1. The molecule has 2 aromatic carbocycles. The van der Waals surface area contributed by atoms with Gasteiger partial charge >= 0.3 is 5.97 Å². The molecule has 3 rings (SSSR count). The van der Waals surface area contributed by atoms with Crippen LogP contribution in [0, 0.1) is 0 Å². The van der Waals surface area contributed by atoms with Gasteiger partial charge in [-0.1, -0.05) is 35.5 Å². The van der Waals surface area contributed by atoms with E-state index in [0.717, 1.165) is 16.5 Å². The van der Waals surface area contributed by atoms with Crippen LogP contribution in [-0.4, -0.2) is 26.1 Å². The fourth-order valence-corrected chi connectivity index (χ4v) is 1.98. The van der Waals surface area contributed by atoms with Crippen LogP contribution in [0.2, 0.25) is 0 Å². The molecule has 3 aromatic rings. The van der Waals surface area contributed by atoms with E-state index in [4.69, 9.17) is 5.11 Å². The lowest BCUT2D eigenvalue weighted by Crippen LogP contribution is -1.99.